The number of nitrogens with two attached hydrogens (primary N) is 1. The zero-order chi connectivity index (χ0) is 15.3. The molecule has 0 unspecified atom stereocenters. The Hall–Kier alpha value is -1.52. The predicted octanol–water partition coefficient (Wildman–Crippen LogP) is 2.81. The zero-order valence-electron chi connectivity index (χ0n) is 13.3. The molecule has 1 aliphatic carbocycles. The largest absolute Gasteiger partial charge is 0.461 e. The van der Waals surface area contributed by atoms with Gasteiger partial charge in [0.05, 0.1) is 6.61 Å². The lowest BCUT2D eigenvalue weighted by atomic mass is 10.0. The van der Waals surface area contributed by atoms with Crippen molar-refractivity contribution in [1.82, 2.24) is 9.55 Å². The molecular weight excluding hydrogens is 254 g/mol. The van der Waals surface area contributed by atoms with Crippen molar-refractivity contribution in [2.45, 2.75) is 54.0 Å². The first-order valence-corrected chi connectivity index (χ1v) is 7.23. The van der Waals surface area contributed by atoms with E-state index in [-0.39, 0.29) is 22.6 Å². The maximum atomic E-state index is 11.9. The van der Waals surface area contributed by atoms with Crippen LogP contribution in [-0.2, 0) is 11.2 Å². The molecule has 2 N–H and O–H groups in total. The minimum absolute atomic E-state index is 0.137. The summed E-state index contributed by atoms with van der Waals surface area (Å²) in [5.41, 5.74) is 6.72. The second kappa shape index (κ2) is 4.50. The Morgan fingerprint density at radius 2 is 1.85 bits per heavy atom. The molecular formula is C15H25N3O2. The van der Waals surface area contributed by atoms with Gasteiger partial charge in [0, 0.05) is 12.5 Å². The lowest BCUT2D eigenvalue weighted by molar-refractivity contribution is 0.0521. The first kappa shape index (κ1) is 14.9. The molecule has 112 valence electrons. The summed E-state index contributed by atoms with van der Waals surface area (Å²) < 4.78 is 7.06. The van der Waals surface area contributed by atoms with E-state index in [1.165, 1.54) is 0 Å². The van der Waals surface area contributed by atoms with Crippen molar-refractivity contribution in [3.8, 4) is 0 Å². The van der Waals surface area contributed by atoms with Crippen molar-refractivity contribution in [3.05, 3.63) is 11.5 Å². The third kappa shape index (κ3) is 1.83. The summed E-state index contributed by atoms with van der Waals surface area (Å²) in [4.78, 5) is 16.3. The van der Waals surface area contributed by atoms with Crippen LogP contribution in [0, 0.1) is 10.8 Å². The Labute approximate surface area is 120 Å². The Balaban J connectivity index is 2.48. The fourth-order valence-electron chi connectivity index (χ4n) is 3.19. The van der Waals surface area contributed by atoms with E-state index < -0.39 is 5.97 Å². The summed E-state index contributed by atoms with van der Waals surface area (Å²) in [6.07, 6.45) is 0.742. The Bertz CT molecular complexity index is 530. The number of aryl methyl sites for hydroxylation is 1. The first-order chi connectivity index (χ1) is 9.20. The predicted molar refractivity (Wildman–Crippen MR) is 78.6 cm³/mol. The molecule has 1 aliphatic rings. The highest BCUT2D eigenvalue weighted by Gasteiger charge is 2.66. The SMILES string of the molecule is CCOC(=O)c1nc(CC)n(C2C(C)(C)C2(C)C)c1N. The van der Waals surface area contributed by atoms with E-state index in [2.05, 4.69) is 32.7 Å². The van der Waals surface area contributed by atoms with Gasteiger partial charge in [0.15, 0.2) is 5.69 Å². The van der Waals surface area contributed by atoms with Crippen LogP contribution in [0.15, 0.2) is 0 Å². The van der Waals surface area contributed by atoms with Gasteiger partial charge in [-0.15, -0.1) is 0 Å². The Morgan fingerprint density at radius 1 is 1.30 bits per heavy atom. The van der Waals surface area contributed by atoms with Gasteiger partial charge in [0.25, 0.3) is 0 Å². The number of imidazole rings is 1. The van der Waals surface area contributed by atoms with Crippen LogP contribution in [0.25, 0.3) is 0 Å². The molecule has 20 heavy (non-hydrogen) atoms. The third-order valence-corrected chi connectivity index (χ3v) is 5.01. The average molecular weight is 279 g/mol. The lowest BCUT2D eigenvalue weighted by Crippen LogP contribution is -2.11. The Morgan fingerprint density at radius 3 is 2.25 bits per heavy atom. The smallest absolute Gasteiger partial charge is 0.360 e. The van der Waals surface area contributed by atoms with E-state index in [0.717, 1.165) is 12.2 Å². The number of nitrogens with zero attached hydrogens (tertiary/aromatic N) is 2. The van der Waals surface area contributed by atoms with Crippen molar-refractivity contribution in [1.29, 1.82) is 0 Å². The highest BCUT2D eigenvalue weighted by molar-refractivity contribution is 5.92. The zero-order valence-corrected chi connectivity index (χ0v) is 13.3. The summed E-state index contributed by atoms with van der Waals surface area (Å²) in [6.45, 7) is 13.0. The molecule has 5 nitrogen and oxygen atoms in total. The Kier molecular flexibility index (Phi) is 3.35. The van der Waals surface area contributed by atoms with E-state index in [0.29, 0.717) is 12.4 Å². The summed E-state index contributed by atoms with van der Waals surface area (Å²) >= 11 is 0. The maximum Gasteiger partial charge on any atom is 0.360 e. The lowest BCUT2D eigenvalue weighted by Gasteiger charge is -2.11. The number of esters is 1. The number of hydrogen-bond donors (Lipinski definition) is 1. The molecule has 0 bridgehead atoms. The second-order valence-corrected chi connectivity index (χ2v) is 6.55. The molecule has 0 aliphatic heterocycles. The van der Waals surface area contributed by atoms with Gasteiger partial charge in [-0.3, -0.25) is 0 Å². The quantitative estimate of drug-likeness (QED) is 0.860. The normalized spacial score (nSPS) is 19.9. The molecule has 1 aromatic rings. The summed E-state index contributed by atoms with van der Waals surface area (Å²) in [7, 11) is 0. The van der Waals surface area contributed by atoms with Gasteiger partial charge in [-0.2, -0.15) is 0 Å². The standard InChI is InChI=1S/C15H25N3O2/c1-7-9-17-10(12(19)20-8-2)11(16)18(9)13-14(3,4)15(13,5)6/h13H,7-8,16H2,1-6H3. The average Bonchev–Trinajstić information content (AvgIpc) is 2.64. The first-order valence-electron chi connectivity index (χ1n) is 7.23. The van der Waals surface area contributed by atoms with Crippen molar-refractivity contribution >= 4 is 11.8 Å². The summed E-state index contributed by atoms with van der Waals surface area (Å²) in [5.74, 6) is 0.855. The highest BCUT2D eigenvalue weighted by Crippen LogP contribution is 2.72. The van der Waals surface area contributed by atoms with Crippen LogP contribution in [0.5, 0.6) is 0 Å². The molecule has 0 spiro atoms. The van der Waals surface area contributed by atoms with Gasteiger partial charge in [0.1, 0.15) is 11.6 Å². The number of aromatic nitrogens is 2. The minimum Gasteiger partial charge on any atom is -0.461 e. The van der Waals surface area contributed by atoms with E-state index >= 15 is 0 Å². The van der Waals surface area contributed by atoms with Gasteiger partial charge in [-0.25, -0.2) is 9.78 Å². The fourth-order valence-corrected chi connectivity index (χ4v) is 3.19. The summed E-state index contributed by atoms with van der Waals surface area (Å²) in [6, 6.07) is 0.264. The number of nitrogen functional groups attached to an aromatic ring is 1. The van der Waals surface area contributed by atoms with Crippen LogP contribution in [0.3, 0.4) is 0 Å². The van der Waals surface area contributed by atoms with Crippen molar-refractivity contribution in [2.24, 2.45) is 10.8 Å². The van der Waals surface area contributed by atoms with Crippen LogP contribution in [-0.4, -0.2) is 22.1 Å². The van der Waals surface area contributed by atoms with Crippen molar-refractivity contribution in [2.75, 3.05) is 12.3 Å². The van der Waals surface area contributed by atoms with Gasteiger partial charge in [0.2, 0.25) is 0 Å². The second-order valence-electron chi connectivity index (χ2n) is 6.55. The van der Waals surface area contributed by atoms with Crippen molar-refractivity contribution in [3.63, 3.8) is 0 Å². The van der Waals surface area contributed by atoms with Gasteiger partial charge < -0.3 is 15.0 Å². The van der Waals surface area contributed by atoms with Crippen LogP contribution in [0.2, 0.25) is 0 Å². The number of carbonyl (C=O) groups is 1. The number of rotatable bonds is 4. The minimum atomic E-state index is -0.435. The third-order valence-electron chi connectivity index (χ3n) is 5.01. The molecule has 5 heteroatoms. The fraction of sp³-hybridized carbons (Fsp3) is 0.733. The van der Waals surface area contributed by atoms with E-state index in [1.807, 2.05) is 11.5 Å². The van der Waals surface area contributed by atoms with Gasteiger partial charge in [-0.1, -0.05) is 34.6 Å². The molecule has 1 fully saturated rings. The molecule has 0 radical (unpaired) electrons. The van der Waals surface area contributed by atoms with E-state index in [4.69, 9.17) is 10.5 Å². The topological polar surface area (TPSA) is 70.1 Å². The molecule has 1 aromatic heterocycles. The van der Waals surface area contributed by atoms with Crippen LogP contribution in [0.1, 0.15) is 63.9 Å². The maximum absolute atomic E-state index is 11.9. The number of anilines is 1. The molecule has 0 aromatic carbocycles. The molecule has 0 saturated heterocycles. The molecule has 0 amide bonds. The number of hydrogen-bond acceptors (Lipinski definition) is 4. The van der Waals surface area contributed by atoms with Crippen LogP contribution < -0.4 is 5.73 Å². The monoisotopic (exact) mass is 279 g/mol. The van der Waals surface area contributed by atoms with Crippen LogP contribution in [0.4, 0.5) is 5.82 Å². The number of carbonyl (C=O) groups excluding carboxylic acids is 1. The number of ether oxygens (including phenoxy) is 1. The van der Waals surface area contributed by atoms with Gasteiger partial charge >= 0.3 is 5.97 Å². The van der Waals surface area contributed by atoms with E-state index in [9.17, 15) is 4.79 Å². The highest BCUT2D eigenvalue weighted by atomic mass is 16.5. The van der Waals surface area contributed by atoms with E-state index in [1.54, 1.807) is 6.92 Å². The van der Waals surface area contributed by atoms with Crippen LogP contribution >= 0.6 is 0 Å². The molecule has 1 saturated carbocycles. The van der Waals surface area contributed by atoms with Gasteiger partial charge in [-0.05, 0) is 17.8 Å². The molecule has 1 heterocycles. The molecule has 2 rings (SSSR count). The summed E-state index contributed by atoms with van der Waals surface area (Å²) in [5, 5.41) is 0. The molecule has 0 atom stereocenters. The van der Waals surface area contributed by atoms with Crippen molar-refractivity contribution < 1.29 is 9.53 Å².